The van der Waals surface area contributed by atoms with Crippen LogP contribution in [0.25, 0.3) is 0 Å². The zero-order chi connectivity index (χ0) is 14.4. The van der Waals surface area contributed by atoms with Crippen LogP contribution in [-0.4, -0.2) is 6.61 Å². The quantitative estimate of drug-likeness (QED) is 0.623. The van der Waals surface area contributed by atoms with Crippen LogP contribution in [-0.2, 0) is 0 Å². The molecule has 1 unspecified atom stereocenters. The zero-order valence-corrected chi connectivity index (χ0v) is 11.9. The lowest BCUT2D eigenvalue weighted by Gasteiger charge is -2.16. The molecule has 2 N–H and O–H groups in total. The summed E-state index contributed by atoms with van der Waals surface area (Å²) >= 11 is 0. The van der Waals surface area contributed by atoms with Gasteiger partial charge in [0.25, 0.3) is 0 Å². The molecule has 2 aromatic rings. The molecule has 2 nitrogen and oxygen atoms in total. The second-order valence-electron chi connectivity index (χ2n) is 4.77. The summed E-state index contributed by atoms with van der Waals surface area (Å²) in [7, 11) is 0. The average Bonchev–Trinajstić information content (AvgIpc) is 2.48. The van der Waals surface area contributed by atoms with Gasteiger partial charge in [-0.25, -0.2) is 0 Å². The molecule has 0 saturated heterocycles. The molecule has 2 heteroatoms. The zero-order valence-electron chi connectivity index (χ0n) is 11.9. The van der Waals surface area contributed by atoms with Gasteiger partial charge in [0.2, 0.25) is 0 Å². The van der Waals surface area contributed by atoms with Crippen molar-refractivity contribution in [2.75, 3.05) is 12.3 Å². The van der Waals surface area contributed by atoms with Gasteiger partial charge in [-0.1, -0.05) is 49.4 Å². The Morgan fingerprint density at radius 1 is 1.15 bits per heavy atom. The Morgan fingerprint density at radius 2 is 1.90 bits per heavy atom. The Kier molecular flexibility index (Phi) is 4.83. The summed E-state index contributed by atoms with van der Waals surface area (Å²) in [5, 5.41) is 0. The van der Waals surface area contributed by atoms with Crippen molar-refractivity contribution in [1.29, 1.82) is 0 Å². The molecule has 0 spiro atoms. The van der Waals surface area contributed by atoms with Crippen molar-refractivity contribution in [3.8, 4) is 5.75 Å². The first-order chi connectivity index (χ1) is 9.76. The molecule has 0 aliphatic rings. The van der Waals surface area contributed by atoms with Crippen molar-refractivity contribution in [3.63, 3.8) is 0 Å². The number of ether oxygens (including phenoxy) is 1. The first kappa shape index (κ1) is 14.2. The van der Waals surface area contributed by atoms with Crippen LogP contribution in [0.4, 0.5) is 5.69 Å². The van der Waals surface area contributed by atoms with Crippen molar-refractivity contribution in [2.45, 2.75) is 19.3 Å². The maximum absolute atomic E-state index is 6.07. The van der Waals surface area contributed by atoms with Crippen LogP contribution in [0.2, 0.25) is 0 Å². The second kappa shape index (κ2) is 6.80. The lowest BCUT2D eigenvalue weighted by atomic mass is 9.91. The molecule has 0 heterocycles. The van der Waals surface area contributed by atoms with E-state index in [1.807, 2.05) is 36.4 Å². The predicted octanol–water partition coefficient (Wildman–Crippen LogP) is 4.38. The van der Waals surface area contributed by atoms with Crippen molar-refractivity contribution in [3.05, 3.63) is 72.3 Å². The molecule has 0 bridgehead atoms. The van der Waals surface area contributed by atoms with Crippen molar-refractivity contribution >= 4 is 5.69 Å². The van der Waals surface area contributed by atoms with E-state index >= 15 is 0 Å². The van der Waals surface area contributed by atoms with Gasteiger partial charge in [0.15, 0.2) is 0 Å². The van der Waals surface area contributed by atoms with E-state index < -0.39 is 0 Å². The molecule has 1 atom stereocenters. The number of rotatable bonds is 6. The Balaban J connectivity index is 2.27. The van der Waals surface area contributed by atoms with E-state index in [1.165, 1.54) is 5.56 Å². The number of nitrogens with two attached hydrogens (primary N) is 1. The Hall–Kier alpha value is -2.22. The summed E-state index contributed by atoms with van der Waals surface area (Å²) < 4.78 is 5.61. The smallest absolute Gasteiger partial charge is 0.142 e. The number of anilines is 1. The third-order valence-electron chi connectivity index (χ3n) is 3.25. The van der Waals surface area contributed by atoms with Crippen LogP contribution < -0.4 is 10.5 Å². The topological polar surface area (TPSA) is 35.2 Å². The summed E-state index contributed by atoms with van der Waals surface area (Å²) in [4.78, 5) is 0. The molecule has 0 aliphatic carbocycles. The summed E-state index contributed by atoms with van der Waals surface area (Å²) in [6.45, 7) is 6.71. The fraction of sp³-hybridized carbons (Fsp3) is 0.222. The SMILES string of the molecule is C=CC(c1ccccc1)c1ccc(OCCC)c(N)c1. The Bertz CT molecular complexity index is 563. The van der Waals surface area contributed by atoms with Gasteiger partial charge >= 0.3 is 0 Å². The number of hydrogen-bond acceptors (Lipinski definition) is 2. The van der Waals surface area contributed by atoms with Gasteiger partial charge in [0.05, 0.1) is 12.3 Å². The number of allylic oxidation sites excluding steroid dienone is 1. The van der Waals surface area contributed by atoms with E-state index in [2.05, 4.69) is 31.7 Å². The van der Waals surface area contributed by atoms with E-state index in [9.17, 15) is 0 Å². The number of nitrogen functional groups attached to an aromatic ring is 1. The highest BCUT2D eigenvalue weighted by molar-refractivity contribution is 5.56. The van der Waals surface area contributed by atoms with Crippen molar-refractivity contribution in [1.82, 2.24) is 0 Å². The molecule has 20 heavy (non-hydrogen) atoms. The summed E-state index contributed by atoms with van der Waals surface area (Å²) in [5.74, 6) is 0.908. The van der Waals surface area contributed by atoms with Crippen molar-refractivity contribution in [2.24, 2.45) is 0 Å². The van der Waals surface area contributed by atoms with Crippen LogP contribution >= 0.6 is 0 Å². The van der Waals surface area contributed by atoms with Crippen LogP contribution in [0.5, 0.6) is 5.75 Å². The van der Waals surface area contributed by atoms with Gasteiger partial charge in [-0.2, -0.15) is 0 Å². The highest BCUT2D eigenvalue weighted by atomic mass is 16.5. The van der Waals surface area contributed by atoms with Crippen LogP contribution in [0.15, 0.2) is 61.2 Å². The fourth-order valence-electron chi connectivity index (χ4n) is 2.23. The van der Waals surface area contributed by atoms with E-state index in [0.29, 0.717) is 12.3 Å². The van der Waals surface area contributed by atoms with Crippen LogP contribution in [0.3, 0.4) is 0 Å². The third kappa shape index (κ3) is 3.21. The van der Waals surface area contributed by atoms with Gasteiger partial charge in [0, 0.05) is 5.92 Å². The molecule has 0 radical (unpaired) electrons. The maximum Gasteiger partial charge on any atom is 0.142 e. The first-order valence-corrected chi connectivity index (χ1v) is 6.96. The molecule has 2 aromatic carbocycles. The summed E-state index contributed by atoms with van der Waals surface area (Å²) in [5.41, 5.74) is 9.10. The highest BCUT2D eigenvalue weighted by Gasteiger charge is 2.12. The van der Waals surface area contributed by atoms with Gasteiger partial charge in [-0.15, -0.1) is 6.58 Å². The maximum atomic E-state index is 6.07. The largest absolute Gasteiger partial charge is 0.491 e. The molecular weight excluding hydrogens is 246 g/mol. The minimum absolute atomic E-state index is 0.152. The minimum Gasteiger partial charge on any atom is -0.491 e. The number of benzene rings is 2. The van der Waals surface area contributed by atoms with Gasteiger partial charge < -0.3 is 10.5 Å². The molecule has 0 saturated carbocycles. The average molecular weight is 267 g/mol. The monoisotopic (exact) mass is 267 g/mol. The second-order valence-corrected chi connectivity index (χ2v) is 4.77. The molecule has 0 aliphatic heterocycles. The van der Waals surface area contributed by atoms with Crippen molar-refractivity contribution < 1.29 is 4.74 Å². The van der Waals surface area contributed by atoms with Gasteiger partial charge in [0.1, 0.15) is 5.75 Å². The standard InChI is InChI=1S/C18H21NO/c1-3-12-20-18-11-10-15(13-17(18)19)16(4-2)14-8-6-5-7-9-14/h4-11,13,16H,2-3,12,19H2,1H3. The van der Waals surface area contributed by atoms with E-state index in [1.54, 1.807) is 0 Å². The Morgan fingerprint density at radius 3 is 2.50 bits per heavy atom. The molecular formula is C18H21NO. The van der Waals surface area contributed by atoms with Crippen LogP contribution in [0, 0.1) is 0 Å². The highest BCUT2D eigenvalue weighted by Crippen LogP contribution is 2.31. The third-order valence-corrected chi connectivity index (χ3v) is 3.25. The normalized spacial score (nSPS) is 11.8. The summed E-state index contributed by atoms with van der Waals surface area (Å²) in [6, 6.07) is 16.3. The fourth-order valence-corrected chi connectivity index (χ4v) is 2.23. The lowest BCUT2D eigenvalue weighted by Crippen LogP contribution is -2.02. The Labute approximate surface area is 120 Å². The molecule has 2 rings (SSSR count). The van der Waals surface area contributed by atoms with E-state index in [-0.39, 0.29) is 5.92 Å². The summed E-state index contributed by atoms with van der Waals surface area (Å²) in [6.07, 6.45) is 2.91. The predicted molar refractivity (Wildman–Crippen MR) is 85.1 cm³/mol. The van der Waals surface area contributed by atoms with Crippen LogP contribution in [0.1, 0.15) is 30.4 Å². The van der Waals surface area contributed by atoms with E-state index in [0.717, 1.165) is 17.7 Å². The molecule has 0 fully saturated rings. The number of hydrogen-bond donors (Lipinski definition) is 1. The van der Waals surface area contributed by atoms with Gasteiger partial charge in [-0.05, 0) is 29.7 Å². The molecule has 0 amide bonds. The molecule has 104 valence electrons. The van der Waals surface area contributed by atoms with E-state index in [4.69, 9.17) is 10.5 Å². The minimum atomic E-state index is 0.152. The van der Waals surface area contributed by atoms with Gasteiger partial charge in [-0.3, -0.25) is 0 Å². The first-order valence-electron chi connectivity index (χ1n) is 6.96. The molecule has 0 aromatic heterocycles. The lowest BCUT2D eigenvalue weighted by molar-refractivity contribution is 0.319.